The van der Waals surface area contributed by atoms with E-state index in [4.69, 9.17) is 25.6 Å². The molecule has 7 nitrogen and oxygen atoms in total. The Morgan fingerprint density at radius 1 is 1.23 bits per heavy atom. The summed E-state index contributed by atoms with van der Waals surface area (Å²) in [4.78, 5) is 21.8. The molecule has 180 valence electrons. The minimum Gasteiger partial charge on any atom is -0.462 e. The van der Waals surface area contributed by atoms with Gasteiger partial charge in [-0.1, -0.05) is 25.4 Å². The second-order valence-corrected chi connectivity index (χ2v) is 9.76. The van der Waals surface area contributed by atoms with E-state index in [0.29, 0.717) is 57.2 Å². The third-order valence-electron chi connectivity index (χ3n) is 5.98. The Bertz CT molecular complexity index is 1460. The average Bonchev–Trinajstić information content (AvgIpc) is 3.16. The van der Waals surface area contributed by atoms with Crippen LogP contribution in [0.1, 0.15) is 37.0 Å². The van der Waals surface area contributed by atoms with Gasteiger partial charge in [-0.25, -0.2) is 14.2 Å². The van der Waals surface area contributed by atoms with Crippen molar-refractivity contribution in [2.75, 3.05) is 19.8 Å². The van der Waals surface area contributed by atoms with E-state index in [1.165, 1.54) is 18.3 Å². The van der Waals surface area contributed by atoms with Crippen LogP contribution in [0.15, 0.2) is 36.5 Å². The van der Waals surface area contributed by atoms with Gasteiger partial charge >= 0.3 is 13.1 Å². The first kappa shape index (κ1) is 23.7. The van der Waals surface area contributed by atoms with Crippen molar-refractivity contribution in [2.24, 2.45) is 5.41 Å². The zero-order valence-corrected chi connectivity index (χ0v) is 20.6. The SMILES string of the molecule is CCOC(=O)c1cc(B2OCC(C)(C)CO2)cc2c1nc(C)n2-c1ccnc2c(F)ccc(Cl)c12. The zero-order valence-electron chi connectivity index (χ0n) is 19.9. The molecule has 0 spiro atoms. The maximum Gasteiger partial charge on any atom is 0.494 e. The molecule has 0 saturated carbocycles. The number of carbonyl (C=O) groups excluding carboxylic acids is 1. The zero-order chi connectivity index (χ0) is 24.9. The smallest absolute Gasteiger partial charge is 0.462 e. The molecule has 1 aliphatic rings. The highest BCUT2D eigenvalue weighted by atomic mass is 35.5. The van der Waals surface area contributed by atoms with Gasteiger partial charge in [0, 0.05) is 30.2 Å². The molecule has 3 heterocycles. The molecule has 4 aromatic rings. The lowest BCUT2D eigenvalue weighted by molar-refractivity contribution is 0.0343. The number of hydrogen-bond acceptors (Lipinski definition) is 6. The summed E-state index contributed by atoms with van der Waals surface area (Å²) in [6.07, 6.45) is 1.52. The van der Waals surface area contributed by atoms with E-state index >= 15 is 0 Å². The molecule has 2 aromatic heterocycles. The number of rotatable bonds is 4. The van der Waals surface area contributed by atoms with Crippen LogP contribution in [-0.4, -0.2) is 47.4 Å². The normalized spacial score (nSPS) is 15.7. The summed E-state index contributed by atoms with van der Waals surface area (Å²) in [6, 6.07) is 8.11. The maximum atomic E-state index is 14.6. The van der Waals surface area contributed by atoms with Crippen LogP contribution in [0.5, 0.6) is 0 Å². The van der Waals surface area contributed by atoms with E-state index in [9.17, 15) is 9.18 Å². The molecule has 1 fully saturated rings. The number of ether oxygens (including phenoxy) is 1. The molecule has 1 aliphatic heterocycles. The lowest BCUT2D eigenvalue weighted by atomic mass is 9.75. The molecule has 5 rings (SSSR count). The van der Waals surface area contributed by atoms with Gasteiger partial charge in [0.1, 0.15) is 22.7 Å². The molecule has 0 atom stereocenters. The highest BCUT2D eigenvalue weighted by Gasteiger charge is 2.35. The van der Waals surface area contributed by atoms with Crippen LogP contribution in [0, 0.1) is 18.2 Å². The predicted molar refractivity (Wildman–Crippen MR) is 133 cm³/mol. The Morgan fingerprint density at radius 2 is 1.97 bits per heavy atom. The Balaban J connectivity index is 1.77. The molecular formula is C25H24BClFN3O4. The number of fused-ring (bicyclic) bond motifs is 2. The topological polar surface area (TPSA) is 75.5 Å². The quantitative estimate of drug-likeness (QED) is 0.304. The van der Waals surface area contributed by atoms with Crippen LogP contribution in [0.3, 0.4) is 0 Å². The van der Waals surface area contributed by atoms with Gasteiger partial charge in [-0.15, -0.1) is 0 Å². The standard InChI is InChI=1S/C25H24BClFN3O4/c1-5-33-24(32)16-10-15(26-34-12-25(3,4)13-35-26)11-20-22(16)30-14(2)31(20)19-8-9-29-23-18(28)7-6-17(27)21(19)23/h6-11H,5,12-13H2,1-4H3. The number of imidazole rings is 1. The number of benzene rings is 2. The van der Waals surface area contributed by atoms with Crippen LogP contribution in [-0.2, 0) is 14.0 Å². The van der Waals surface area contributed by atoms with Gasteiger partial charge in [-0.3, -0.25) is 9.55 Å². The molecule has 0 radical (unpaired) electrons. The molecule has 10 heteroatoms. The molecule has 0 bridgehead atoms. The summed E-state index contributed by atoms with van der Waals surface area (Å²) in [7, 11) is -0.653. The minimum atomic E-state index is -0.653. The molecule has 35 heavy (non-hydrogen) atoms. The van der Waals surface area contributed by atoms with Gasteiger partial charge in [-0.05, 0) is 49.6 Å². The Kier molecular flexibility index (Phi) is 6.03. The Morgan fingerprint density at radius 3 is 2.69 bits per heavy atom. The van der Waals surface area contributed by atoms with Gasteiger partial charge in [-0.2, -0.15) is 0 Å². The number of halogens is 2. The first-order valence-electron chi connectivity index (χ1n) is 11.4. The number of aryl methyl sites for hydroxylation is 1. The molecule has 2 aromatic carbocycles. The highest BCUT2D eigenvalue weighted by Crippen LogP contribution is 2.33. The van der Waals surface area contributed by atoms with Gasteiger partial charge in [0.25, 0.3) is 0 Å². The second kappa shape index (κ2) is 8.89. The monoisotopic (exact) mass is 495 g/mol. The summed E-state index contributed by atoms with van der Waals surface area (Å²) < 4.78 is 33.7. The molecule has 0 aliphatic carbocycles. The molecule has 0 N–H and O–H groups in total. The fourth-order valence-electron chi connectivity index (χ4n) is 4.37. The van der Waals surface area contributed by atoms with Crippen LogP contribution in [0.25, 0.3) is 27.6 Å². The highest BCUT2D eigenvalue weighted by molar-refractivity contribution is 6.62. The van der Waals surface area contributed by atoms with Gasteiger partial charge < -0.3 is 14.0 Å². The number of pyridine rings is 1. The summed E-state index contributed by atoms with van der Waals surface area (Å²) in [5.74, 6) is -0.390. The number of carbonyl (C=O) groups is 1. The van der Waals surface area contributed by atoms with E-state index in [2.05, 4.69) is 23.8 Å². The van der Waals surface area contributed by atoms with E-state index < -0.39 is 18.9 Å². The molecule has 0 amide bonds. The predicted octanol–water partition coefficient (Wildman–Crippen LogP) is 4.62. The maximum absolute atomic E-state index is 14.6. The van der Waals surface area contributed by atoms with E-state index in [0.717, 1.165) is 0 Å². The van der Waals surface area contributed by atoms with Crippen molar-refractivity contribution in [3.05, 3.63) is 58.8 Å². The summed E-state index contributed by atoms with van der Waals surface area (Å²) in [5, 5.41) is 0.806. The third kappa shape index (κ3) is 4.18. The van der Waals surface area contributed by atoms with Crippen molar-refractivity contribution >= 4 is 52.1 Å². The van der Waals surface area contributed by atoms with E-state index in [1.807, 2.05) is 17.6 Å². The Labute approximate surface area is 207 Å². The van der Waals surface area contributed by atoms with Crippen LogP contribution in [0.2, 0.25) is 5.02 Å². The largest absolute Gasteiger partial charge is 0.494 e. The lowest BCUT2D eigenvalue weighted by Crippen LogP contribution is -2.47. The van der Waals surface area contributed by atoms with Crippen molar-refractivity contribution in [1.82, 2.24) is 14.5 Å². The molecule has 0 unspecified atom stereocenters. The van der Waals surface area contributed by atoms with Crippen LogP contribution in [0.4, 0.5) is 4.39 Å². The second-order valence-electron chi connectivity index (χ2n) is 9.35. The van der Waals surface area contributed by atoms with Crippen molar-refractivity contribution in [3.8, 4) is 5.69 Å². The number of hydrogen-bond donors (Lipinski definition) is 0. The number of esters is 1. The van der Waals surface area contributed by atoms with Crippen LogP contribution < -0.4 is 5.46 Å². The summed E-state index contributed by atoms with van der Waals surface area (Å²) in [6.45, 7) is 8.92. The van der Waals surface area contributed by atoms with E-state index in [-0.39, 0.29) is 17.5 Å². The Hall–Kier alpha value is -3.01. The molecular weight excluding hydrogens is 472 g/mol. The lowest BCUT2D eigenvalue weighted by Gasteiger charge is -2.33. The third-order valence-corrected chi connectivity index (χ3v) is 6.29. The first-order chi connectivity index (χ1) is 16.7. The fraction of sp³-hybridized carbons (Fsp3) is 0.320. The van der Waals surface area contributed by atoms with Crippen molar-refractivity contribution < 1.29 is 23.2 Å². The van der Waals surface area contributed by atoms with Crippen molar-refractivity contribution in [3.63, 3.8) is 0 Å². The summed E-state index contributed by atoms with van der Waals surface area (Å²) >= 11 is 6.50. The first-order valence-corrected chi connectivity index (χ1v) is 11.7. The fourth-order valence-corrected chi connectivity index (χ4v) is 4.62. The number of aromatic nitrogens is 3. The van der Waals surface area contributed by atoms with E-state index in [1.54, 1.807) is 19.1 Å². The minimum absolute atomic E-state index is 0.111. The molecule has 1 saturated heterocycles. The van der Waals surface area contributed by atoms with Crippen molar-refractivity contribution in [2.45, 2.75) is 27.7 Å². The van der Waals surface area contributed by atoms with Crippen LogP contribution >= 0.6 is 11.6 Å². The van der Waals surface area contributed by atoms with Gasteiger partial charge in [0.05, 0.1) is 28.4 Å². The average molecular weight is 496 g/mol. The van der Waals surface area contributed by atoms with Gasteiger partial charge in [0.15, 0.2) is 0 Å². The van der Waals surface area contributed by atoms with Gasteiger partial charge in [0.2, 0.25) is 0 Å². The van der Waals surface area contributed by atoms with Crippen molar-refractivity contribution in [1.29, 1.82) is 0 Å². The summed E-state index contributed by atoms with van der Waals surface area (Å²) in [5.41, 5.74) is 2.67. The number of nitrogens with zero attached hydrogens (tertiary/aromatic N) is 3.